The van der Waals surface area contributed by atoms with E-state index in [-0.39, 0.29) is 24.8 Å². The van der Waals surface area contributed by atoms with Crippen LogP contribution >= 0.6 is 0 Å². The Morgan fingerprint density at radius 1 is 0.714 bits per heavy atom. The maximum absolute atomic E-state index is 12.6. The van der Waals surface area contributed by atoms with Gasteiger partial charge in [0.05, 0.1) is 43.4 Å². The number of aromatic amines is 2. The van der Waals surface area contributed by atoms with Gasteiger partial charge >= 0.3 is 11.9 Å². The van der Waals surface area contributed by atoms with Gasteiger partial charge in [-0.05, 0) is 109 Å². The summed E-state index contributed by atoms with van der Waals surface area (Å²) in [6.45, 7) is 10.6. The largest absolute Gasteiger partial charge is 0.469 e. The summed E-state index contributed by atoms with van der Waals surface area (Å²) in [4.78, 5) is 42.2. The molecule has 5 rings (SSSR count). The highest BCUT2D eigenvalue weighted by atomic mass is 16.5. The zero-order chi connectivity index (χ0) is 30.1. The standard InChI is InChI=1S/C34H38N4O4/c1-8-22-19(4)27-13-21-12-18(3)26(35-21)15-28-20(5)23(9-2)29(37-28)16-31-24(10-11-33(39)41-6)25(14-34(40)42-7)32(38-31)17-30(22)36-27/h12-13,15-17,35-36H,8-11,14H2,1-7H3. The van der Waals surface area contributed by atoms with Crippen molar-refractivity contribution in [2.45, 2.75) is 66.7 Å². The fourth-order valence-electron chi connectivity index (χ4n) is 5.96. The summed E-state index contributed by atoms with van der Waals surface area (Å²) in [7, 11) is 2.76. The Hall–Kier alpha value is -4.46. The molecular weight excluding hydrogens is 528 g/mol. The van der Waals surface area contributed by atoms with Crippen LogP contribution in [0.15, 0.2) is 30.3 Å². The fraction of sp³-hybridized carbons (Fsp3) is 0.353. The molecule has 0 aromatic carbocycles. The molecule has 2 aliphatic rings. The Kier molecular flexibility index (Phi) is 8.16. The molecule has 3 aromatic rings. The molecule has 0 saturated carbocycles. The molecule has 8 nitrogen and oxygen atoms in total. The average Bonchev–Trinajstić information content (AvgIpc) is 3.66. The summed E-state index contributed by atoms with van der Waals surface area (Å²) in [6.07, 6.45) is 2.21. The van der Waals surface area contributed by atoms with Crippen molar-refractivity contribution >= 4 is 56.3 Å². The van der Waals surface area contributed by atoms with Crippen LogP contribution in [0.25, 0.3) is 44.4 Å². The molecule has 42 heavy (non-hydrogen) atoms. The first-order valence-corrected chi connectivity index (χ1v) is 14.4. The van der Waals surface area contributed by atoms with Crippen molar-refractivity contribution in [3.8, 4) is 0 Å². The van der Waals surface area contributed by atoms with Gasteiger partial charge < -0.3 is 19.4 Å². The first-order chi connectivity index (χ1) is 20.2. The number of nitrogens with zero attached hydrogens (tertiary/aromatic N) is 2. The van der Waals surface area contributed by atoms with Gasteiger partial charge in [-0.2, -0.15) is 0 Å². The minimum atomic E-state index is -0.368. The van der Waals surface area contributed by atoms with Gasteiger partial charge in [0.1, 0.15) is 0 Å². The highest BCUT2D eigenvalue weighted by Crippen LogP contribution is 2.39. The number of ether oxygens (including phenoxy) is 2. The number of aromatic nitrogens is 4. The van der Waals surface area contributed by atoms with Crippen LogP contribution < -0.4 is 0 Å². The van der Waals surface area contributed by atoms with Crippen LogP contribution in [0.5, 0.6) is 0 Å². The molecule has 0 atom stereocenters. The number of hydrogen-bond donors (Lipinski definition) is 2. The Labute approximate surface area is 245 Å². The first-order valence-electron chi connectivity index (χ1n) is 14.4. The highest BCUT2D eigenvalue weighted by Gasteiger charge is 2.25. The van der Waals surface area contributed by atoms with E-state index in [4.69, 9.17) is 19.4 Å². The van der Waals surface area contributed by atoms with E-state index in [2.05, 4.69) is 62.8 Å². The molecule has 218 valence electrons. The third kappa shape index (κ3) is 5.41. The van der Waals surface area contributed by atoms with Gasteiger partial charge in [0.15, 0.2) is 0 Å². The normalized spacial score (nSPS) is 13.1. The van der Waals surface area contributed by atoms with Crippen molar-refractivity contribution in [3.05, 3.63) is 69.8 Å². The molecule has 2 aliphatic heterocycles. The van der Waals surface area contributed by atoms with Crippen LogP contribution in [-0.4, -0.2) is 46.1 Å². The van der Waals surface area contributed by atoms with E-state index < -0.39 is 0 Å². The highest BCUT2D eigenvalue weighted by molar-refractivity contribution is 6.01. The molecule has 0 unspecified atom stereocenters. The van der Waals surface area contributed by atoms with E-state index in [1.807, 2.05) is 12.1 Å². The van der Waals surface area contributed by atoms with Crippen molar-refractivity contribution in [2.75, 3.05) is 14.2 Å². The molecule has 2 N–H and O–H groups in total. The summed E-state index contributed by atoms with van der Waals surface area (Å²) in [5, 5.41) is 0. The van der Waals surface area contributed by atoms with Crippen LogP contribution in [0.2, 0.25) is 0 Å². The molecule has 0 spiro atoms. The third-order valence-corrected chi connectivity index (χ3v) is 8.34. The molecular formula is C34H38N4O4. The number of carbonyl (C=O) groups is 2. The zero-order valence-electron chi connectivity index (χ0n) is 25.4. The summed E-state index contributed by atoms with van der Waals surface area (Å²) >= 11 is 0. The summed E-state index contributed by atoms with van der Waals surface area (Å²) in [5.41, 5.74) is 14.4. The van der Waals surface area contributed by atoms with Crippen LogP contribution in [0.4, 0.5) is 0 Å². The molecule has 0 amide bonds. The lowest BCUT2D eigenvalue weighted by Crippen LogP contribution is -2.03. The first kappa shape index (κ1) is 29.0. The number of aryl methyl sites for hydroxylation is 3. The van der Waals surface area contributed by atoms with E-state index in [9.17, 15) is 9.59 Å². The molecule has 0 fully saturated rings. The topological polar surface area (TPSA) is 110 Å². The third-order valence-electron chi connectivity index (χ3n) is 8.34. The van der Waals surface area contributed by atoms with Crippen molar-refractivity contribution in [1.29, 1.82) is 0 Å². The lowest BCUT2D eigenvalue weighted by Gasteiger charge is -2.08. The number of fused-ring (bicyclic) bond motifs is 8. The Morgan fingerprint density at radius 3 is 2.07 bits per heavy atom. The van der Waals surface area contributed by atoms with Crippen molar-refractivity contribution in [1.82, 2.24) is 19.9 Å². The second-order valence-electron chi connectivity index (χ2n) is 10.8. The van der Waals surface area contributed by atoms with E-state index >= 15 is 0 Å². The number of carbonyl (C=O) groups excluding carboxylic acids is 2. The number of nitrogens with one attached hydrogen (secondary N) is 2. The number of allylic oxidation sites excluding steroid dienone is 3. The second kappa shape index (κ2) is 11.8. The van der Waals surface area contributed by atoms with Gasteiger partial charge in [0.25, 0.3) is 0 Å². The Bertz CT molecular complexity index is 1820. The predicted molar refractivity (Wildman–Crippen MR) is 167 cm³/mol. The monoisotopic (exact) mass is 566 g/mol. The lowest BCUT2D eigenvalue weighted by molar-refractivity contribution is -0.140. The molecule has 3 aromatic heterocycles. The van der Waals surface area contributed by atoms with Crippen molar-refractivity contribution < 1.29 is 19.1 Å². The van der Waals surface area contributed by atoms with Gasteiger partial charge in [-0.25, -0.2) is 9.97 Å². The molecule has 8 heteroatoms. The molecule has 0 saturated heterocycles. The summed E-state index contributed by atoms with van der Waals surface area (Å²) < 4.78 is 10.0. The van der Waals surface area contributed by atoms with Gasteiger partial charge in [0, 0.05) is 28.5 Å². The van der Waals surface area contributed by atoms with Crippen molar-refractivity contribution in [3.63, 3.8) is 0 Å². The number of H-pyrrole nitrogens is 2. The van der Waals surface area contributed by atoms with E-state index in [0.717, 1.165) is 79.7 Å². The fourth-order valence-corrected chi connectivity index (χ4v) is 5.96. The second-order valence-corrected chi connectivity index (χ2v) is 10.8. The lowest BCUT2D eigenvalue weighted by atomic mass is 9.96. The summed E-state index contributed by atoms with van der Waals surface area (Å²) in [6, 6.07) is 10.4. The smallest absolute Gasteiger partial charge is 0.310 e. The minimum absolute atomic E-state index is 0.0389. The quantitative estimate of drug-likeness (QED) is 0.291. The van der Waals surface area contributed by atoms with E-state index in [1.54, 1.807) is 0 Å². The predicted octanol–water partition coefficient (Wildman–Crippen LogP) is 7.26. The van der Waals surface area contributed by atoms with Crippen LogP contribution in [0.1, 0.15) is 85.9 Å². The maximum Gasteiger partial charge on any atom is 0.310 e. The maximum atomic E-state index is 12.6. The molecule has 0 radical (unpaired) electrons. The van der Waals surface area contributed by atoms with E-state index in [1.165, 1.54) is 19.8 Å². The van der Waals surface area contributed by atoms with Gasteiger partial charge in [-0.15, -0.1) is 0 Å². The van der Waals surface area contributed by atoms with Gasteiger partial charge in [-0.1, -0.05) is 13.8 Å². The number of hydrogen-bond acceptors (Lipinski definition) is 6. The number of rotatable bonds is 7. The average molecular weight is 567 g/mol. The zero-order valence-corrected chi connectivity index (χ0v) is 25.4. The Balaban J connectivity index is 1.92. The minimum Gasteiger partial charge on any atom is -0.469 e. The van der Waals surface area contributed by atoms with Crippen LogP contribution in [0, 0.1) is 13.8 Å². The SMILES string of the molecule is CCC1=C(C)c2cc3[nH]c(cc3C)cc3[nH]c(cc4nc(cc1n2)C(CCC(=O)OC)=C4CC(=O)OC)c(CC)c3C. The number of esters is 2. The molecule has 8 bridgehead atoms. The van der Waals surface area contributed by atoms with E-state index in [0.29, 0.717) is 17.8 Å². The number of methoxy groups -OCH3 is 2. The summed E-state index contributed by atoms with van der Waals surface area (Å²) in [5.74, 6) is -0.690. The van der Waals surface area contributed by atoms with Crippen molar-refractivity contribution in [2.24, 2.45) is 0 Å². The molecule has 5 heterocycles. The van der Waals surface area contributed by atoms with Gasteiger partial charge in [-0.3, -0.25) is 9.59 Å². The van der Waals surface area contributed by atoms with Crippen LogP contribution in [-0.2, 0) is 25.5 Å². The van der Waals surface area contributed by atoms with Crippen LogP contribution in [0.3, 0.4) is 0 Å². The van der Waals surface area contributed by atoms with Gasteiger partial charge in [0.2, 0.25) is 0 Å². The Morgan fingerprint density at radius 2 is 1.38 bits per heavy atom. The molecule has 0 aliphatic carbocycles.